The summed E-state index contributed by atoms with van der Waals surface area (Å²) in [4.78, 5) is 17.2. The molecule has 0 atom stereocenters. The molecule has 0 unspecified atom stereocenters. The number of fused-ring (bicyclic) bond motifs is 1. The predicted molar refractivity (Wildman–Crippen MR) is 94.3 cm³/mol. The molecule has 3 nitrogen and oxygen atoms in total. The number of thiophene rings is 1. The number of hydrogen-bond donors (Lipinski definition) is 1. The zero-order chi connectivity index (χ0) is 18.5. The Morgan fingerprint density at radius 3 is 2.58 bits per heavy atom. The number of nitrogens with one attached hydrogen (secondary N) is 1. The third kappa shape index (κ3) is 2.78. The van der Waals surface area contributed by atoms with Crippen LogP contribution in [0.25, 0.3) is 21.2 Å². The van der Waals surface area contributed by atoms with Crippen LogP contribution >= 0.6 is 11.3 Å². The minimum atomic E-state index is -4.79. The van der Waals surface area contributed by atoms with E-state index in [-0.39, 0.29) is 11.1 Å². The standard InChI is InChI=1S/C18H14F4N2OS/c19-13-4-3-10(7-12(13)18(20,21)22)11-9-26-16-14(24-5-1-2-6-24)8-23-17(25)15(11)16/h3-4,7-9H,1-2,5-6H2,(H,23,25). The first-order valence-electron chi connectivity index (χ1n) is 8.11. The minimum absolute atomic E-state index is 0.175. The van der Waals surface area contributed by atoms with Gasteiger partial charge in [0.25, 0.3) is 5.56 Å². The van der Waals surface area contributed by atoms with Crippen LogP contribution in [0.5, 0.6) is 0 Å². The molecule has 0 saturated carbocycles. The molecule has 136 valence electrons. The fourth-order valence-electron chi connectivity index (χ4n) is 3.36. The van der Waals surface area contributed by atoms with Gasteiger partial charge in [0.05, 0.1) is 21.3 Å². The smallest absolute Gasteiger partial charge is 0.369 e. The lowest BCUT2D eigenvalue weighted by molar-refractivity contribution is -0.139. The fraction of sp³-hybridized carbons (Fsp3) is 0.278. The molecule has 1 N–H and O–H groups in total. The van der Waals surface area contributed by atoms with Crippen LogP contribution in [0.4, 0.5) is 23.2 Å². The van der Waals surface area contributed by atoms with Crippen LogP contribution in [0, 0.1) is 5.82 Å². The van der Waals surface area contributed by atoms with E-state index in [1.54, 1.807) is 11.6 Å². The highest BCUT2D eigenvalue weighted by atomic mass is 32.1. The monoisotopic (exact) mass is 382 g/mol. The average Bonchev–Trinajstić information content (AvgIpc) is 3.24. The first kappa shape index (κ1) is 17.1. The quantitative estimate of drug-likeness (QED) is 0.632. The molecular formula is C18H14F4N2OS. The van der Waals surface area contributed by atoms with Crippen molar-refractivity contribution in [2.45, 2.75) is 19.0 Å². The van der Waals surface area contributed by atoms with E-state index in [2.05, 4.69) is 9.88 Å². The Balaban J connectivity index is 1.91. The molecule has 0 radical (unpaired) electrons. The van der Waals surface area contributed by atoms with Gasteiger partial charge < -0.3 is 9.88 Å². The Hall–Kier alpha value is -2.35. The Morgan fingerprint density at radius 2 is 1.88 bits per heavy atom. The molecule has 1 aromatic carbocycles. The summed E-state index contributed by atoms with van der Waals surface area (Å²) in [6.07, 6.45) is -1.02. The number of hydrogen-bond acceptors (Lipinski definition) is 3. The zero-order valence-corrected chi connectivity index (χ0v) is 14.3. The third-order valence-electron chi connectivity index (χ3n) is 4.62. The van der Waals surface area contributed by atoms with Gasteiger partial charge in [-0.15, -0.1) is 11.3 Å². The summed E-state index contributed by atoms with van der Waals surface area (Å²) in [5, 5.41) is 2.01. The lowest BCUT2D eigenvalue weighted by Crippen LogP contribution is -2.19. The van der Waals surface area contributed by atoms with Crippen molar-refractivity contribution in [1.29, 1.82) is 0 Å². The van der Waals surface area contributed by atoms with Crippen molar-refractivity contribution in [3.05, 3.63) is 51.5 Å². The largest absolute Gasteiger partial charge is 0.419 e. The lowest BCUT2D eigenvalue weighted by Gasteiger charge is -2.18. The van der Waals surface area contributed by atoms with Gasteiger partial charge in [0, 0.05) is 30.2 Å². The maximum Gasteiger partial charge on any atom is 0.419 e. The van der Waals surface area contributed by atoms with E-state index in [4.69, 9.17) is 0 Å². The second kappa shape index (κ2) is 6.12. The number of alkyl halides is 3. The van der Waals surface area contributed by atoms with E-state index < -0.39 is 17.6 Å². The minimum Gasteiger partial charge on any atom is -0.369 e. The van der Waals surface area contributed by atoms with Crippen molar-refractivity contribution in [3.8, 4) is 11.1 Å². The van der Waals surface area contributed by atoms with Crippen molar-refractivity contribution < 1.29 is 17.6 Å². The molecule has 26 heavy (non-hydrogen) atoms. The first-order chi connectivity index (χ1) is 12.4. The Morgan fingerprint density at radius 1 is 1.15 bits per heavy atom. The van der Waals surface area contributed by atoms with Crippen molar-refractivity contribution >= 4 is 27.1 Å². The maximum atomic E-state index is 13.6. The van der Waals surface area contributed by atoms with Crippen LogP contribution in [0.15, 0.2) is 34.6 Å². The molecular weight excluding hydrogens is 368 g/mol. The first-order valence-corrected chi connectivity index (χ1v) is 8.99. The van der Waals surface area contributed by atoms with Crippen LogP contribution in [-0.2, 0) is 6.18 Å². The van der Waals surface area contributed by atoms with E-state index >= 15 is 0 Å². The lowest BCUT2D eigenvalue weighted by atomic mass is 10.0. The molecule has 0 amide bonds. The van der Waals surface area contributed by atoms with Crippen molar-refractivity contribution in [2.24, 2.45) is 0 Å². The molecule has 1 aliphatic rings. The predicted octanol–water partition coefficient (Wildman–Crippen LogP) is 5.01. The molecule has 8 heteroatoms. The number of pyridine rings is 1. The van der Waals surface area contributed by atoms with Crippen molar-refractivity contribution in [3.63, 3.8) is 0 Å². The van der Waals surface area contributed by atoms with Gasteiger partial charge in [-0.3, -0.25) is 4.79 Å². The van der Waals surface area contributed by atoms with Gasteiger partial charge in [0.15, 0.2) is 0 Å². The van der Waals surface area contributed by atoms with Gasteiger partial charge in [0.2, 0.25) is 0 Å². The van der Waals surface area contributed by atoms with Gasteiger partial charge in [0.1, 0.15) is 5.82 Å². The second-order valence-electron chi connectivity index (χ2n) is 6.24. The van der Waals surface area contributed by atoms with E-state index in [0.717, 1.165) is 48.5 Å². The van der Waals surface area contributed by atoms with Crippen LogP contribution in [0.2, 0.25) is 0 Å². The van der Waals surface area contributed by atoms with Gasteiger partial charge >= 0.3 is 6.18 Å². The van der Waals surface area contributed by atoms with Crippen LogP contribution in [0.3, 0.4) is 0 Å². The number of aromatic amines is 1. The molecule has 0 spiro atoms. The van der Waals surface area contributed by atoms with Gasteiger partial charge in [-0.05, 0) is 30.5 Å². The SMILES string of the molecule is O=c1[nH]cc(N2CCCC2)c2scc(-c3ccc(F)c(C(F)(F)F)c3)c12. The topological polar surface area (TPSA) is 36.1 Å². The summed E-state index contributed by atoms with van der Waals surface area (Å²) in [6, 6.07) is 2.83. The van der Waals surface area contributed by atoms with E-state index in [0.29, 0.717) is 10.9 Å². The third-order valence-corrected chi connectivity index (χ3v) is 5.62. The highest BCUT2D eigenvalue weighted by molar-refractivity contribution is 7.18. The van der Waals surface area contributed by atoms with Gasteiger partial charge in [-0.1, -0.05) is 6.07 Å². The van der Waals surface area contributed by atoms with Crippen molar-refractivity contribution in [1.82, 2.24) is 4.98 Å². The number of rotatable bonds is 2. The number of H-pyrrole nitrogens is 1. The van der Waals surface area contributed by atoms with E-state index in [1.165, 1.54) is 17.4 Å². The van der Waals surface area contributed by atoms with Crippen LogP contribution in [0.1, 0.15) is 18.4 Å². The second-order valence-corrected chi connectivity index (χ2v) is 7.12. The summed E-state index contributed by atoms with van der Waals surface area (Å²) in [5.41, 5.74) is -0.253. The molecule has 0 aliphatic carbocycles. The number of benzene rings is 1. The molecule has 1 saturated heterocycles. The van der Waals surface area contributed by atoms with Gasteiger partial charge in [-0.25, -0.2) is 4.39 Å². The van der Waals surface area contributed by atoms with Gasteiger partial charge in [-0.2, -0.15) is 13.2 Å². The zero-order valence-electron chi connectivity index (χ0n) is 13.5. The summed E-state index contributed by atoms with van der Waals surface area (Å²) in [5.74, 6) is -1.33. The van der Waals surface area contributed by atoms with E-state index in [1.807, 2.05) is 0 Å². The average molecular weight is 382 g/mol. The number of anilines is 1. The molecule has 2 aromatic heterocycles. The van der Waals surface area contributed by atoms with E-state index in [9.17, 15) is 22.4 Å². The highest BCUT2D eigenvalue weighted by Crippen LogP contribution is 2.40. The molecule has 3 aromatic rings. The molecule has 1 fully saturated rings. The van der Waals surface area contributed by atoms with Crippen molar-refractivity contribution in [2.75, 3.05) is 18.0 Å². The Kier molecular flexibility index (Phi) is 4.02. The Labute approximate surface area is 149 Å². The number of halogens is 4. The molecule has 0 bridgehead atoms. The fourth-order valence-corrected chi connectivity index (χ4v) is 4.48. The highest BCUT2D eigenvalue weighted by Gasteiger charge is 2.34. The summed E-state index contributed by atoms with van der Waals surface area (Å²) < 4.78 is 53.4. The number of nitrogens with zero attached hydrogens (tertiary/aromatic N) is 1. The summed E-state index contributed by atoms with van der Waals surface area (Å²) in [7, 11) is 0. The maximum absolute atomic E-state index is 13.6. The molecule has 1 aliphatic heterocycles. The summed E-state index contributed by atoms with van der Waals surface area (Å²) in [6.45, 7) is 1.76. The normalized spacial score (nSPS) is 15.2. The van der Waals surface area contributed by atoms with Crippen LogP contribution in [-0.4, -0.2) is 18.1 Å². The molecule has 3 heterocycles. The summed E-state index contributed by atoms with van der Waals surface area (Å²) >= 11 is 1.32. The van der Waals surface area contributed by atoms with Crippen LogP contribution < -0.4 is 10.5 Å². The molecule has 4 rings (SSSR count). The Bertz CT molecular complexity index is 1030. The number of aromatic nitrogens is 1.